The summed E-state index contributed by atoms with van der Waals surface area (Å²) in [5, 5.41) is 0. The average molecular weight is 296 g/mol. The van der Waals surface area contributed by atoms with E-state index in [-0.39, 0.29) is 11.5 Å². The molecule has 0 aliphatic carbocycles. The highest BCUT2D eigenvalue weighted by molar-refractivity contribution is 6.07. The van der Waals surface area contributed by atoms with E-state index < -0.39 is 0 Å². The van der Waals surface area contributed by atoms with Crippen LogP contribution >= 0.6 is 0 Å². The molecule has 0 bridgehead atoms. The summed E-state index contributed by atoms with van der Waals surface area (Å²) in [7, 11) is 0. The summed E-state index contributed by atoms with van der Waals surface area (Å²) in [6.45, 7) is 6.71. The third kappa shape index (κ3) is 2.96. The molecule has 1 aliphatic rings. The van der Waals surface area contributed by atoms with Gasteiger partial charge >= 0.3 is 0 Å². The zero-order valence-electron chi connectivity index (χ0n) is 13.2. The maximum Gasteiger partial charge on any atom is 0.258 e. The molecule has 0 atom stereocenters. The fourth-order valence-corrected chi connectivity index (χ4v) is 2.61. The van der Waals surface area contributed by atoms with Crippen molar-refractivity contribution in [1.82, 2.24) is 4.98 Å². The number of carbonyl (C=O) groups excluding carboxylic acids is 1. The molecule has 2 heterocycles. The molecule has 0 spiro atoms. The third-order valence-corrected chi connectivity index (χ3v) is 3.54. The van der Waals surface area contributed by atoms with Gasteiger partial charge in [0.1, 0.15) is 11.4 Å². The molecule has 0 unspecified atom stereocenters. The van der Waals surface area contributed by atoms with Crippen LogP contribution in [0.2, 0.25) is 0 Å². The van der Waals surface area contributed by atoms with Gasteiger partial charge in [-0.2, -0.15) is 0 Å². The van der Waals surface area contributed by atoms with E-state index in [9.17, 15) is 4.79 Å². The van der Waals surface area contributed by atoms with Gasteiger partial charge in [0.25, 0.3) is 5.91 Å². The number of pyridine rings is 1. The third-order valence-electron chi connectivity index (χ3n) is 3.54. The number of aromatic nitrogens is 1. The van der Waals surface area contributed by atoms with E-state index in [1.165, 1.54) is 0 Å². The van der Waals surface area contributed by atoms with Crippen LogP contribution < -0.4 is 9.64 Å². The second-order valence-electron chi connectivity index (χ2n) is 6.45. The van der Waals surface area contributed by atoms with Gasteiger partial charge in [-0.1, -0.05) is 0 Å². The maximum absolute atomic E-state index is 12.7. The summed E-state index contributed by atoms with van der Waals surface area (Å²) >= 11 is 0. The van der Waals surface area contributed by atoms with Crippen molar-refractivity contribution in [1.29, 1.82) is 0 Å². The fraction of sp³-hybridized carbons (Fsp3) is 0.333. The van der Waals surface area contributed by atoms with Crippen LogP contribution in [-0.4, -0.2) is 23.0 Å². The molecule has 1 amide bonds. The van der Waals surface area contributed by atoms with Crippen molar-refractivity contribution < 1.29 is 9.53 Å². The van der Waals surface area contributed by atoms with E-state index in [1.807, 2.05) is 62.2 Å². The van der Waals surface area contributed by atoms with Crippen molar-refractivity contribution in [2.24, 2.45) is 0 Å². The lowest BCUT2D eigenvalue weighted by molar-refractivity contribution is 0.0989. The normalized spacial score (nSPS) is 13.9. The molecular weight excluding hydrogens is 276 g/mol. The predicted octanol–water partition coefficient (Wildman–Crippen LogP) is 3.46. The minimum absolute atomic E-state index is 0.0206. The number of anilines is 1. The quantitative estimate of drug-likeness (QED) is 0.852. The summed E-state index contributed by atoms with van der Waals surface area (Å²) in [6.07, 6.45) is 4.42. The number of fused-ring (bicyclic) bond motifs is 1. The van der Waals surface area contributed by atoms with Gasteiger partial charge in [-0.15, -0.1) is 0 Å². The van der Waals surface area contributed by atoms with E-state index in [1.54, 1.807) is 6.20 Å². The zero-order valence-corrected chi connectivity index (χ0v) is 13.2. The number of nitrogens with zero attached hydrogens (tertiary/aromatic N) is 2. The van der Waals surface area contributed by atoms with Crippen LogP contribution in [0.25, 0.3) is 0 Å². The maximum atomic E-state index is 12.7. The standard InChI is InChI=1S/C18H20N2O2/c1-18(2,3)22-15-6-4-13(5-7-15)17(21)20-11-9-14-12-19-10-8-16(14)20/h4-8,10,12H,9,11H2,1-3H3. The number of carbonyl (C=O) groups is 1. The average Bonchev–Trinajstić information content (AvgIpc) is 2.89. The first kappa shape index (κ1) is 14.6. The molecule has 4 heteroatoms. The molecule has 0 radical (unpaired) electrons. The highest BCUT2D eigenvalue weighted by Crippen LogP contribution is 2.28. The SMILES string of the molecule is CC(C)(C)Oc1ccc(C(=O)N2CCc3cnccc32)cc1. The van der Waals surface area contributed by atoms with Gasteiger partial charge in [0, 0.05) is 24.5 Å². The lowest BCUT2D eigenvalue weighted by Gasteiger charge is -2.21. The topological polar surface area (TPSA) is 42.4 Å². The number of amides is 1. The number of hydrogen-bond donors (Lipinski definition) is 0. The van der Waals surface area contributed by atoms with Crippen molar-refractivity contribution in [2.45, 2.75) is 32.8 Å². The number of rotatable bonds is 2. The Balaban J connectivity index is 1.79. The Morgan fingerprint density at radius 2 is 1.91 bits per heavy atom. The molecule has 1 aliphatic heterocycles. The van der Waals surface area contributed by atoms with Gasteiger partial charge < -0.3 is 9.64 Å². The monoisotopic (exact) mass is 296 g/mol. The van der Waals surface area contributed by atoms with Gasteiger partial charge in [0.05, 0.1) is 5.69 Å². The highest BCUT2D eigenvalue weighted by Gasteiger charge is 2.25. The Labute approximate surface area is 130 Å². The highest BCUT2D eigenvalue weighted by atomic mass is 16.5. The van der Waals surface area contributed by atoms with Crippen LogP contribution in [0.1, 0.15) is 36.7 Å². The molecule has 2 aromatic rings. The molecule has 114 valence electrons. The van der Waals surface area contributed by atoms with E-state index in [2.05, 4.69) is 4.98 Å². The van der Waals surface area contributed by atoms with Crippen LogP contribution in [0.5, 0.6) is 5.75 Å². The van der Waals surface area contributed by atoms with Gasteiger partial charge in [-0.05, 0) is 63.1 Å². The van der Waals surface area contributed by atoms with Crippen LogP contribution in [-0.2, 0) is 6.42 Å². The zero-order chi connectivity index (χ0) is 15.7. The molecule has 0 N–H and O–H groups in total. The largest absolute Gasteiger partial charge is 0.488 e. The van der Waals surface area contributed by atoms with Crippen LogP contribution in [0.15, 0.2) is 42.7 Å². The van der Waals surface area contributed by atoms with Crippen molar-refractivity contribution in [3.05, 3.63) is 53.9 Å². The van der Waals surface area contributed by atoms with E-state index in [0.717, 1.165) is 23.4 Å². The van der Waals surface area contributed by atoms with E-state index >= 15 is 0 Å². The Kier molecular flexibility index (Phi) is 3.61. The lowest BCUT2D eigenvalue weighted by atomic mass is 10.1. The lowest BCUT2D eigenvalue weighted by Crippen LogP contribution is -2.28. The molecule has 3 rings (SSSR count). The summed E-state index contributed by atoms with van der Waals surface area (Å²) in [5.74, 6) is 0.794. The van der Waals surface area contributed by atoms with Gasteiger partial charge in [-0.3, -0.25) is 9.78 Å². The fourth-order valence-electron chi connectivity index (χ4n) is 2.61. The summed E-state index contributed by atoms with van der Waals surface area (Å²) in [5.41, 5.74) is 2.52. The summed E-state index contributed by atoms with van der Waals surface area (Å²) in [6, 6.07) is 9.24. The molecular formula is C18H20N2O2. The van der Waals surface area contributed by atoms with Crippen molar-refractivity contribution in [2.75, 3.05) is 11.4 Å². The van der Waals surface area contributed by atoms with Gasteiger partial charge in [0.15, 0.2) is 0 Å². The number of ether oxygens (including phenoxy) is 1. The molecule has 1 aromatic carbocycles. The summed E-state index contributed by atoms with van der Waals surface area (Å²) in [4.78, 5) is 18.6. The predicted molar refractivity (Wildman–Crippen MR) is 86.4 cm³/mol. The van der Waals surface area contributed by atoms with Crippen LogP contribution in [0.4, 0.5) is 5.69 Å². The molecule has 1 aromatic heterocycles. The van der Waals surface area contributed by atoms with E-state index in [0.29, 0.717) is 12.1 Å². The Bertz CT molecular complexity index is 687. The molecule has 22 heavy (non-hydrogen) atoms. The smallest absolute Gasteiger partial charge is 0.258 e. The minimum atomic E-state index is -0.244. The second-order valence-corrected chi connectivity index (χ2v) is 6.45. The number of benzene rings is 1. The van der Waals surface area contributed by atoms with Crippen LogP contribution in [0, 0.1) is 0 Å². The van der Waals surface area contributed by atoms with Crippen molar-refractivity contribution in [3.63, 3.8) is 0 Å². The van der Waals surface area contributed by atoms with Gasteiger partial charge in [0.2, 0.25) is 0 Å². The minimum Gasteiger partial charge on any atom is -0.488 e. The molecule has 4 nitrogen and oxygen atoms in total. The first-order valence-electron chi connectivity index (χ1n) is 7.48. The molecule has 0 fully saturated rings. The first-order chi connectivity index (χ1) is 10.4. The Hall–Kier alpha value is -2.36. The molecule has 0 saturated heterocycles. The van der Waals surface area contributed by atoms with E-state index in [4.69, 9.17) is 4.74 Å². The Morgan fingerprint density at radius 3 is 2.59 bits per heavy atom. The first-order valence-corrected chi connectivity index (χ1v) is 7.48. The van der Waals surface area contributed by atoms with Crippen molar-refractivity contribution >= 4 is 11.6 Å². The molecule has 0 saturated carbocycles. The second kappa shape index (κ2) is 5.44. The Morgan fingerprint density at radius 1 is 1.18 bits per heavy atom. The summed E-state index contributed by atoms with van der Waals surface area (Å²) < 4.78 is 5.78. The number of hydrogen-bond acceptors (Lipinski definition) is 3. The van der Waals surface area contributed by atoms with Gasteiger partial charge in [-0.25, -0.2) is 0 Å². The van der Waals surface area contributed by atoms with Crippen molar-refractivity contribution in [3.8, 4) is 5.75 Å². The van der Waals surface area contributed by atoms with Crippen LogP contribution in [0.3, 0.4) is 0 Å².